The molecule has 0 spiro atoms. The van der Waals surface area contributed by atoms with Crippen LogP contribution in [0.1, 0.15) is 47.7 Å². The third-order valence-corrected chi connectivity index (χ3v) is 3.92. The average molecular weight is 304 g/mol. The van der Waals surface area contributed by atoms with Gasteiger partial charge in [0.25, 0.3) is 0 Å². The second kappa shape index (κ2) is 6.48. The molecule has 1 aromatic carbocycles. The summed E-state index contributed by atoms with van der Waals surface area (Å²) >= 11 is 6.06. The molecule has 21 heavy (non-hydrogen) atoms. The van der Waals surface area contributed by atoms with Crippen LogP contribution < -0.4 is 4.74 Å². The smallest absolute Gasteiger partial charge is 0.224 e. The maximum absolute atomic E-state index is 6.09. The van der Waals surface area contributed by atoms with E-state index in [2.05, 4.69) is 37.0 Å². The number of alkyl halides is 1. The van der Waals surface area contributed by atoms with Gasteiger partial charge in [-0.05, 0) is 55.5 Å². The van der Waals surface area contributed by atoms with E-state index in [9.17, 15) is 0 Å². The largest absolute Gasteiger partial charge is 0.438 e. The molecule has 0 fully saturated rings. The molecule has 112 valence electrons. The first-order valence-electron chi connectivity index (χ1n) is 7.24. The van der Waals surface area contributed by atoms with Crippen LogP contribution in [0.25, 0.3) is 0 Å². The fourth-order valence-corrected chi connectivity index (χ4v) is 2.59. The molecule has 1 heterocycles. The number of aromatic nitrogens is 1. The molecule has 0 saturated carbocycles. The molecular weight excluding hydrogens is 282 g/mol. The van der Waals surface area contributed by atoms with Gasteiger partial charge in [-0.2, -0.15) is 0 Å². The van der Waals surface area contributed by atoms with E-state index in [0.29, 0.717) is 17.7 Å². The summed E-state index contributed by atoms with van der Waals surface area (Å²) in [7, 11) is 0. The summed E-state index contributed by atoms with van der Waals surface area (Å²) in [4.78, 5) is 4.51. The molecule has 0 saturated heterocycles. The van der Waals surface area contributed by atoms with E-state index in [0.717, 1.165) is 28.1 Å². The van der Waals surface area contributed by atoms with Crippen molar-refractivity contribution in [3.63, 3.8) is 0 Å². The standard InChI is InChI=1S/C18H22ClNO/c1-11(2)15-7-6-12(3)17(9-15)21-18-16(10-19)13(4)8-14(5)20-18/h6-9,11H,10H2,1-5H3. The number of hydrogen-bond donors (Lipinski definition) is 0. The van der Waals surface area contributed by atoms with Crippen LogP contribution in [0.15, 0.2) is 24.3 Å². The second-order valence-corrected chi connectivity index (χ2v) is 6.05. The minimum Gasteiger partial charge on any atom is -0.438 e. The average Bonchev–Trinajstić information content (AvgIpc) is 2.40. The molecule has 0 aliphatic heterocycles. The summed E-state index contributed by atoms with van der Waals surface area (Å²) in [6.45, 7) is 10.4. The Labute approximate surface area is 132 Å². The molecule has 2 nitrogen and oxygen atoms in total. The van der Waals surface area contributed by atoms with Crippen LogP contribution in [0.2, 0.25) is 0 Å². The summed E-state index contributed by atoms with van der Waals surface area (Å²) < 4.78 is 6.09. The number of pyridine rings is 1. The van der Waals surface area contributed by atoms with Crippen LogP contribution in [-0.4, -0.2) is 4.98 Å². The minimum atomic E-state index is 0.400. The molecule has 2 aromatic rings. The van der Waals surface area contributed by atoms with E-state index < -0.39 is 0 Å². The Bertz CT molecular complexity index is 650. The summed E-state index contributed by atoms with van der Waals surface area (Å²) in [5.74, 6) is 2.33. The fraction of sp³-hybridized carbons (Fsp3) is 0.389. The van der Waals surface area contributed by atoms with Gasteiger partial charge in [0, 0.05) is 11.3 Å². The van der Waals surface area contributed by atoms with Gasteiger partial charge in [0.2, 0.25) is 5.88 Å². The van der Waals surface area contributed by atoms with E-state index in [1.807, 2.05) is 26.8 Å². The van der Waals surface area contributed by atoms with Gasteiger partial charge in [0.15, 0.2) is 0 Å². The van der Waals surface area contributed by atoms with Crippen molar-refractivity contribution in [2.24, 2.45) is 0 Å². The Morgan fingerprint density at radius 2 is 1.81 bits per heavy atom. The Hall–Kier alpha value is -1.54. The Kier molecular flexibility index (Phi) is 4.89. The van der Waals surface area contributed by atoms with Crippen molar-refractivity contribution >= 4 is 11.6 Å². The molecule has 0 aliphatic carbocycles. The van der Waals surface area contributed by atoms with Crippen molar-refractivity contribution in [2.75, 3.05) is 0 Å². The van der Waals surface area contributed by atoms with Crippen LogP contribution >= 0.6 is 11.6 Å². The first-order valence-corrected chi connectivity index (χ1v) is 7.77. The Balaban J connectivity index is 2.45. The topological polar surface area (TPSA) is 22.1 Å². The van der Waals surface area contributed by atoms with Gasteiger partial charge in [0.1, 0.15) is 5.75 Å². The molecular formula is C18H22ClNO. The van der Waals surface area contributed by atoms with Crippen molar-refractivity contribution in [2.45, 2.75) is 46.4 Å². The highest BCUT2D eigenvalue weighted by Gasteiger charge is 2.12. The highest BCUT2D eigenvalue weighted by atomic mass is 35.5. The van der Waals surface area contributed by atoms with Crippen LogP contribution in [0.4, 0.5) is 0 Å². The molecule has 1 aromatic heterocycles. The monoisotopic (exact) mass is 303 g/mol. The first-order chi connectivity index (χ1) is 9.92. The third-order valence-electron chi connectivity index (χ3n) is 3.66. The molecule has 0 radical (unpaired) electrons. The number of hydrogen-bond acceptors (Lipinski definition) is 2. The van der Waals surface area contributed by atoms with Crippen LogP contribution in [0.5, 0.6) is 11.6 Å². The van der Waals surface area contributed by atoms with E-state index in [-0.39, 0.29) is 0 Å². The zero-order valence-electron chi connectivity index (χ0n) is 13.3. The maximum Gasteiger partial charge on any atom is 0.224 e. The molecule has 0 N–H and O–H groups in total. The maximum atomic E-state index is 6.09. The van der Waals surface area contributed by atoms with E-state index in [4.69, 9.17) is 16.3 Å². The predicted molar refractivity (Wildman–Crippen MR) is 88.6 cm³/mol. The lowest BCUT2D eigenvalue weighted by Crippen LogP contribution is -2.00. The van der Waals surface area contributed by atoms with Crippen LogP contribution in [0.3, 0.4) is 0 Å². The van der Waals surface area contributed by atoms with Crippen LogP contribution in [0, 0.1) is 20.8 Å². The Morgan fingerprint density at radius 3 is 2.43 bits per heavy atom. The molecule has 0 aliphatic rings. The van der Waals surface area contributed by atoms with E-state index in [1.165, 1.54) is 5.56 Å². The molecule has 0 bridgehead atoms. The molecule has 2 rings (SSSR count). The quantitative estimate of drug-likeness (QED) is 0.680. The fourth-order valence-electron chi connectivity index (χ4n) is 2.27. The minimum absolute atomic E-state index is 0.400. The molecule has 3 heteroatoms. The molecule has 0 unspecified atom stereocenters. The normalized spacial score (nSPS) is 11.0. The number of nitrogens with zero attached hydrogens (tertiary/aromatic N) is 1. The van der Waals surface area contributed by atoms with Gasteiger partial charge in [-0.3, -0.25) is 0 Å². The first kappa shape index (κ1) is 15.8. The van der Waals surface area contributed by atoms with Crippen molar-refractivity contribution < 1.29 is 4.74 Å². The number of aryl methyl sites for hydroxylation is 3. The lowest BCUT2D eigenvalue weighted by molar-refractivity contribution is 0.452. The molecule has 0 atom stereocenters. The number of halogens is 1. The van der Waals surface area contributed by atoms with Crippen molar-refractivity contribution in [1.29, 1.82) is 0 Å². The zero-order chi connectivity index (χ0) is 15.6. The van der Waals surface area contributed by atoms with Gasteiger partial charge in [-0.1, -0.05) is 26.0 Å². The lowest BCUT2D eigenvalue weighted by Gasteiger charge is -2.15. The predicted octanol–water partition coefficient (Wildman–Crippen LogP) is 5.66. The van der Waals surface area contributed by atoms with Crippen LogP contribution in [-0.2, 0) is 5.88 Å². The van der Waals surface area contributed by atoms with Crippen molar-refractivity contribution in [1.82, 2.24) is 4.98 Å². The van der Waals surface area contributed by atoms with Gasteiger partial charge < -0.3 is 4.74 Å². The summed E-state index contributed by atoms with van der Waals surface area (Å²) in [6.07, 6.45) is 0. The highest BCUT2D eigenvalue weighted by Crippen LogP contribution is 2.31. The SMILES string of the molecule is Cc1cc(C)c(CCl)c(Oc2cc(C(C)C)ccc2C)n1. The number of benzene rings is 1. The van der Waals surface area contributed by atoms with Gasteiger partial charge in [-0.25, -0.2) is 4.98 Å². The van der Waals surface area contributed by atoms with E-state index in [1.54, 1.807) is 0 Å². The highest BCUT2D eigenvalue weighted by molar-refractivity contribution is 6.17. The summed E-state index contributed by atoms with van der Waals surface area (Å²) in [5.41, 5.74) is 5.36. The number of rotatable bonds is 4. The Morgan fingerprint density at radius 1 is 1.10 bits per heavy atom. The van der Waals surface area contributed by atoms with Gasteiger partial charge in [0.05, 0.1) is 5.88 Å². The second-order valence-electron chi connectivity index (χ2n) is 5.78. The van der Waals surface area contributed by atoms with Gasteiger partial charge in [-0.15, -0.1) is 11.6 Å². The van der Waals surface area contributed by atoms with Crippen molar-refractivity contribution in [3.05, 3.63) is 52.2 Å². The van der Waals surface area contributed by atoms with Crippen molar-refractivity contribution in [3.8, 4) is 11.6 Å². The molecule has 0 amide bonds. The lowest BCUT2D eigenvalue weighted by atomic mass is 10.0. The number of ether oxygens (including phenoxy) is 1. The third kappa shape index (κ3) is 3.56. The van der Waals surface area contributed by atoms with E-state index >= 15 is 0 Å². The zero-order valence-corrected chi connectivity index (χ0v) is 14.1. The summed E-state index contributed by atoms with van der Waals surface area (Å²) in [6, 6.07) is 8.36. The summed E-state index contributed by atoms with van der Waals surface area (Å²) in [5, 5.41) is 0. The van der Waals surface area contributed by atoms with Gasteiger partial charge >= 0.3 is 0 Å².